The molecule has 9 heavy (non-hydrogen) atoms. The predicted octanol–water partition coefficient (Wildman–Crippen LogP) is 1.79. The maximum atomic E-state index is 5.34. The summed E-state index contributed by atoms with van der Waals surface area (Å²) in [6.45, 7) is 2.09. The normalized spacial score (nSPS) is 29.2. The quantitative estimate of drug-likeness (QED) is 0.473. The van der Waals surface area contributed by atoms with Gasteiger partial charge < -0.3 is 4.74 Å². The number of rotatable bonds is 0. The molecular weight excluding hydrogens is 112 g/mol. The summed E-state index contributed by atoms with van der Waals surface area (Å²) in [5.74, 6) is 1.00. The van der Waals surface area contributed by atoms with Crippen molar-refractivity contribution in [2.24, 2.45) is 0 Å². The van der Waals surface area contributed by atoms with Crippen LogP contribution in [0.2, 0.25) is 0 Å². The smallest absolute Gasteiger partial charge is 0.136 e. The van der Waals surface area contributed by atoms with Crippen LogP contribution in [-0.4, -0.2) is 6.10 Å². The van der Waals surface area contributed by atoms with Gasteiger partial charge in [-0.15, -0.1) is 0 Å². The molecule has 2 aliphatic heterocycles. The summed E-state index contributed by atoms with van der Waals surface area (Å²) in [4.78, 5) is 0. The van der Waals surface area contributed by atoms with Gasteiger partial charge in [-0.1, -0.05) is 0 Å². The van der Waals surface area contributed by atoms with Crippen LogP contribution in [0.4, 0.5) is 0 Å². The molecule has 0 N–H and O–H groups in total. The van der Waals surface area contributed by atoms with Crippen molar-refractivity contribution in [3.05, 3.63) is 35.6 Å². The molecule has 1 heteroatoms. The van der Waals surface area contributed by atoms with Crippen LogP contribution in [-0.2, 0) is 4.74 Å². The lowest BCUT2D eigenvalue weighted by molar-refractivity contribution is 0.215. The molecular formula is C8H8O. The Balaban J connectivity index is 2.44. The topological polar surface area (TPSA) is 9.23 Å². The first-order chi connectivity index (χ1) is 4.34. The number of allylic oxidation sites excluding steroid dienone is 3. The van der Waals surface area contributed by atoms with Gasteiger partial charge in [-0.05, 0) is 36.8 Å². The fourth-order valence-electron chi connectivity index (χ4n) is 1.13. The summed E-state index contributed by atoms with van der Waals surface area (Å²) in [5, 5.41) is 0. The second kappa shape index (κ2) is 1.50. The Bertz CT molecular complexity index is 221. The Labute approximate surface area is 54.3 Å². The van der Waals surface area contributed by atoms with Crippen molar-refractivity contribution < 1.29 is 4.74 Å². The summed E-state index contributed by atoms with van der Waals surface area (Å²) in [6, 6.07) is 0. The van der Waals surface area contributed by atoms with E-state index in [-0.39, 0.29) is 6.10 Å². The molecule has 46 valence electrons. The molecule has 2 heterocycles. The van der Waals surface area contributed by atoms with Gasteiger partial charge in [0.2, 0.25) is 0 Å². The molecule has 2 bridgehead atoms. The molecule has 2 aliphatic rings. The van der Waals surface area contributed by atoms with Crippen molar-refractivity contribution in [3.8, 4) is 0 Å². The van der Waals surface area contributed by atoms with Gasteiger partial charge in [0, 0.05) is 0 Å². The molecule has 1 unspecified atom stereocenters. The number of ether oxygens (including phenoxy) is 1. The zero-order valence-electron chi connectivity index (χ0n) is 5.29. The first kappa shape index (κ1) is 4.86. The van der Waals surface area contributed by atoms with Crippen LogP contribution >= 0.6 is 0 Å². The van der Waals surface area contributed by atoms with E-state index in [1.54, 1.807) is 0 Å². The van der Waals surface area contributed by atoms with E-state index in [0.29, 0.717) is 0 Å². The van der Waals surface area contributed by atoms with Crippen molar-refractivity contribution in [2.45, 2.75) is 13.0 Å². The van der Waals surface area contributed by atoms with Crippen LogP contribution in [0.3, 0.4) is 0 Å². The Morgan fingerprint density at radius 2 is 2.44 bits per heavy atom. The fourth-order valence-corrected chi connectivity index (χ4v) is 1.13. The van der Waals surface area contributed by atoms with E-state index in [2.05, 4.69) is 19.1 Å². The van der Waals surface area contributed by atoms with Gasteiger partial charge in [0.25, 0.3) is 0 Å². The van der Waals surface area contributed by atoms with E-state index in [0.717, 1.165) is 5.76 Å². The Hall–Kier alpha value is -0.980. The minimum Gasteiger partial charge on any atom is -0.482 e. The standard InChI is InChI=1S/C8H8O/c1-6-4-7-2-3-8(5-6)9-7/h2-5,7H,1H3. The molecule has 1 nitrogen and oxygen atoms in total. The van der Waals surface area contributed by atoms with Crippen molar-refractivity contribution in [1.82, 2.24) is 0 Å². The van der Waals surface area contributed by atoms with Gasteiger partial charge >= 0.3 is 0 Å². The molecule has 0 saturated carbocycles. The van der Waals surface area contributed by atoms with Gasteiger partial charge in [0.1, 0.15) is 11.9 Å². The molecule has 0 aromatic rings. The van der Waals surface area contributed by atoms with Gasteiger partial charge in [-0.25, -0.2) is 0 Å². The van der Waals surface area contributed by atoms with E-state index in [9.17, 15) is 0 Å². The molecule has 0 spiro atoms. The van der Waals surface area contributed by atoms with Crippen LogP contribution in [0.1, 0.15) is 6.92 Å². The van der Waals surface area contributed by atoms with Crippen LogP contribution in [0.25, 0.3) is 0 Å². The molecule has 0 aromatic carbocycles. The lowest BCUT2D eigenvalue weighted by Gasteiger charge is -2.11. The third-order valence-electron chi connectivity index (χ3n) is 1.52. The average Bonchev–Trinajstić information content (AvgIpc) is 2.11. The highest BCUT2D eigenvalue weighted by Crippen LogP contribution is 2.23. The molecule has 0 amide bonds. The molecule has 0 radical (unpaired) electrons. The number of hydrogen-bond acceptors (Lipinski definition) is 1. The maximum Gasteiger partial charge on any atom is 0.136 e. The predicted molar refractivity (Wildman–Crippen MR) is 35.9 cm³/mol. The molecule has 0 aromatic heterocycles. The number of hydrogen-bond donors (Lipinski definition) is 0. The van der Waals surface area contributed by atoms with E-state index in [1.807, 2.05) is 12.2 Å². The molecule has 1 atom stereocenters. The van der Waals surface area contributed by atoms with Crippen molar-refractivity contribution in [1.29, 1.82) is 0 Å². The van der Waals surface area contributed by atoms with Gasteiger partial charge in [0.05, 0.1) is 0 Å². The zero-order valence-corrected chi connectivity index (χ0v) is 5.29. The highest BCUT2D eigenvalue weighted by Gasteiger charge is 2.14. The molecule has 2 rings (SSSR count). The van der Waals surface area contributed by atoms with E-state index < -0.39 is 0 Å². The highest BCUT2D eigenvalue weighted by molar-refractivity contribution is 5.36. The monoisotopic (exact) mass is 120 g/mol. The summed E-state index contributed by atoms with van der Waals surface area (Å²) in [7, 11) is 0. The zero-order chi connectivity index (χ0) is 6.27. The second-order valence-corrected chi connectivity index (χ2v) is 2.40. The molecule has 0 saturated heterocycles. The fraction of sp³-hybridized carbons (Fsp3) is 0.250. The Morgan fingerprint density at radius 3 is 3.22 bits per heavy atom. The Morgan fingerprint density at radius 1 is 1.56 bits per heavy atom. The second-order valence-electron chi connectivity index (χ2n) is 2.40. The van der Waals surface area contributed by atoms with Crippen LogP contribution < -0.4 is 0 Å². The Kier molecular flexibility index (Phi) is 0.810. The molecule has 0 aliphatic carbocycles. The van der Waals surface area contributed by atoms with Crippen molar-refractivity contribution in [3.63, 3.8) is 0 Å². The van der Waals surface area contributed by atoms with E-state index in [4.69, 9.17) is 4.74 Å². The van der Waals surface area contributed by atoms with Crippen LogP contribution in [0, 0.1) is 0 Å². The van der Waals surface area contributed by atoms with Crippen molar-refractivity contribution >= 4 is 0 Å². The van der Waals surface area contributed by atoms with Gasteiger partial charge in [-0.3, -0.25) is 0 Å². The number of fused-ring (bicyclic) bond motifs is 2. The largest absolute Gasteiger partial charge is 0.482 e. The maximum absolute atomic E-state index is 5.34. The van der Waals surface area contributed by atoms with Crippen LogP contribution in [0.5, 0.6) is 0 Å². The first-order valence-electron chi connectivity index (χ1n) is 3.09. The third kappa shape index (κ3) is 0.689. The highest BCUT2D eigenvalue weighted by atomic mass is 16.5. The summed E-state index contributed by atoms with van der Waals surface area (Å²) in [5.41, 5.74) is 1.30. The average molecular weight is 120 g/mol. The van der Waals surface area contributed by atoms with E-state index in [1.165, 1.54) is 5.57 Å². The summed E-state index contributed by atoms with van der Waals surface area (Å²) < 4.78 is 5.34. The third-order valence-corrected chi connectivity index (χ3v) is 1.52. The summed E-state index contributed by atoms with van der Waals surface area (Å²) in [6.07, 6.45) is 8.44. The van der Waals surface area contributed by atoms with Gasteiger partial charge in [0.15, 0.2) is 0 Å². The van der Waals surface area contributed by atoms with Gasteiger partial charge in [-0.2, -0.15) is 0 Å². The molecule has 0 fully saturated rings. The lowest BCUT2D eigenvalue weighted by Crippen LogP contribution is -2.03. The van der Waals surface area contributed by atoms with Crippen molar-refractivity contribution in [2.75, 3.05) is 0 Å². The SMILES string of the molecule is CC1=CC2C=CC(=C1)O2. The lowest BCUT2D eigenvalue weighted by atomic mass is 10.2. The van der Waals surface area contributed by atoms with Crippen LogP contribution in [0.15, 0.2) is 35.6 Å². The summed E-state index contributed by atoms with van der Waals surface area (Å²) >= 11 is 0. The minimum absolute atomic E-state index is 0.227. The minimum atomic E-state index is 0.227. The first-order valence-corrected chi connectivity index (χ1v) is 3.09. The van der Waals surface area contributed by atoms with E-state index >= 15 is 0 Å².